The highest BCUT2D eigenvalue weighted by Gasteiger charge is 2.34. The summed E-state index contributed by atoms with van der Waals surface area (Å²) >= 11 is 3.69. The zero-order valence-electron chi connectivity index (χ0n) is 9.66. The normalized spacial score (nSPS) is 27.4. The van der Waals surface area contributed by atoms with Crippen LogP contribution in [-0.4, -0.2) is 10.7 Å². The van der Waals surface area contributed by atoms with Gasteiger partial charge in [-0.05, 0) is 30.4 Å². The summed E-state index contributed by atoms with van der Waals surface area (Å²) < 4.78 is 0. The van der Waals surface area contributed by atoms with E-state index >= 15 is 0 Å². The number of benzene rings is 1. The van der Waals surface area contributed by atoms with E-state index in [4.69, 9.17) is 0 Å². The Bertz CT molecular complexity index is 442. The summed E-state index contributed by atoms with van der Waals surface area (Å²) in [6, 6.07) is 8.54. The molecule has 2 unspecified atom stereocenters. The van der Waals surface area contributed by atoms with E-state index in [1.807, 2.05) is 6.07 Å². The lowest BCUT2D eigenvalue weighted by Gasteiger charge is -2.27. The standard InChI is InChI=1S/C14H16BrNO/c15-12-8-10-4-1-2-7-11(10)13(12)16-14(17)9-5-3-6-9/h1-2,4,7,9,12-13H,3,5-6,8H2,(H,16,17). The van der Waals surface area contributed by atoms with Crippen molar-refractivity contribution < 1.29 is 4.79 Å². The maximum atomic E-state index is 12.0. The van der Waals surface area contributed by atoms with Crippen LogP contribution in [0.15, 0.2) is 24.3 Å². The molecule has 1 saturated carbocycles. The van der Waals surface area contributed by atoms with Crippen molar-refractivity contribution in [1.29, 1.82) is 0 Å². The van der Waals surface area contributed by atoms with Crippen molar-refractivity contribution >= 4 is 21.8 Å². The first kappa shape index (κ1) is 11.3. The van der Waals surface area contributed by atoms with Crippen LogP contribution < -0.4 is 5.32 Å². The number of rotatable bonds is 2. The third kappa shape index (κ3) is 2.01. The molecule has 1 aromatic rings. The number of hydrogen-bond acceptors (Lipinski definition) is 1. The second kappa shape index (κ2) is 4.45. The fourth-order valence-electron chi connectivity index (χ4n) is 2.66. The summed E-state index contributed by atoms with van der Waals surface area (Å²) in [6.07, 6.45) is 4.34. The molecule has 2 nitrogen and oxygen atoms in total. The van der Waals surface area contributed by atoms with Gasteiger partial charge in [0.15, 0.2) is 0 Å². The summed E-state index contributed by atoms with van der Waals surface area (Å²) in [5, 5.41) is 3.20. The van der Waals surface area contributed by atoms with Crippen molar-refractivity contribution in [2.24, 2.45) is 5.92 Å². The van der Waals surface area contributed by atoms with Gasteiger partial charge >= 0.3 is 0 Å². The highest BCUT2D eigenvalue weighted by Crippen LogP contribution is 2.36. The van der Waals surface area contributed by atoms with Crippen molar-refractivity contribution in [2.75, 3.05) is 0 Å². The van der Waals surface area contributed by atoms with Gasteiger partial charge in [-0.15, -0.1) is 0 Å². The zero-order valence-corrected chi connectivity index (χ0v) is 11.2. The number of fused-ring (bicyclic) bond motifs is 1. The molecule has 0 bridgehead atoms. The Labute approximate surface area is 110 Å². The lowest BCUT2D eigenvalue weighted by Crippen LogP contribution is -2.38. The van der Waals surface area contributed by atoms with Gasteiger partial charge in [-0.1, -0.05) is 46.6 Å². The monoisotopic (exact) mass is 293 g/mol. The molecule has 0 heterocycles. The van der Waals surface area contributed by atoms with E-state index in [9.17, 15) is 4.79 Å². The molecule has 0 radical (unpaired) electrons. The molecule has 2 aliphatic carbocycles. The van der Waals surface area contributed by atoms with Crippen LogP contribution >= 0.6 is 15.9 Å². The van der Waals surface area contributed by atoms with Crippen LogP contribution in [0.4, 0.5) is 0 Å². The summed E-state index contributed by atoms with van der Waals surface area (Å²) in [4.78, 5) is 12.3. The molecule has 1 amide bonds. The van der Waals surface area contributed by atoms with Gasteiger partial charge in [0, 0.05) is 10.7 Å². The lowest BCUT2D eigenvalue weighted by molar-refractivity contribution is -0.128. The Balaban J connectivity index is 1.76. The Kier molecular flexibility index (Phi) is 2.95. The van der Waals surface area contributed by atoms with E-state index in [1.165, 1.54) is 17.5 Å². The Hall–Kier alpha value is -0.830. The predicted octanol–water partition coefficient (Wildman–Crippen LogP) is 2.96. The van der Waals surface area contributed by atoms with Crippen molar-refractivity contribution in [3.8, 4) is 0 Å². The maximum absolute atomic E-state index is 12.0. The molecule has 1 fully saturated rings. The van der Waals surface area contributed by atoms with Gasteiger partial charge in [-0.3, -0.25) is 4.79 Å². The van der Waals surface area contributed by atoms with Gasteiger partial charge < -0.3 is 5.32 Å². The van der Waals surface area contributed by atoms with Crippen LogP contribution in [0.25, 0.3) is 0 Å². The fraction of sp³-hybridized carbons (Fsp3) is 0.500. The maximum Gasteiger partial charge on any atom is 0.223 e. The molecule has 1 N–H and O–H groups in total. The number of halogens is 1. The highest BCUT2D eigenvalue weighted by atomic mass is 79.9. The van der Waals surface area contributed by atoms with Crippen LogP contribution in [0.1, 0.15) is 36.4 Å². The van der Waals surface area contributed by atoms with Gasteiger partial charge in [0.25, 0.3) is 0 Å². The molecule has 2 atom stereocenters. The van der Waals surface area contributed by atoms with Crippen molar-refractivity contribution in [3.63, 3.8) is 0 Å². The van der Waals surface area contributed by atoms with Crippen molar-refractivity contribution in [1.82, 2.24) is 5.32 Å². The minimum Gasteiger partial charge on any atom is -0.348 e. The largest absolute Gasteiger partial charge is 0.348 e. The predicted molar refractivity (Wildman–Crippen MR) is 71.1 cm³/mol. The molecule has 1 aromatic carbocycles. The fourth-order valence-corrected chi connectivity index (χ4v) is 3.42. The van der Waals surface area contributed by atoms with E-state index in [1.54, 1.807) is 0 Å². The van der Waals surface area contributed by atoms with Crippen molar-refractivity contribution in [2.45, 2.75) is 36.6 Å². The third-order valence-corrected chi connectivity index (χ3v) is 4.79. The molecule has 90 valence electrons. The summed E-state index contributed by atoms with van der Waals surface area (Å²) in [7, 11) is 0. The van der Waals surface area contributed by atoms with Crippen molar-refractivity contribution in [3.05, 3.63) is 35.4 Å². The molecule has 3 rings (SSSR count). The second-order valence-corrected chi connectivity index (χ2v) is 6.21. The first-order valence-electron chi connectivity index (χ1n) is 6.28. The van der Waals surface area contributed by atoms with Crippen LogP contribution in [0.5, 0.6) is 0 Å². The van der Waals surface area contributed by atoms with Crippen LogP contribution in [0, 0.1) is 5.92 Å². The molecule has 0 saturated heterocycles. The summed E-state index contributed by atoms with van der Waals surface area (Å²) in [6.45, 7) is 0. The quantitative estimate of drug-likeness (QED) is 0.835. The molecule has 0 aliphatic heterocycles. The zero-order chi connectivity index (χ0) is 11.8. The molecule has 17 heavy (non-hydrogen) atoms. The number of carbonyl (C=O) groups is 1. The van der Waals surface area contributed by atoms with Gasteiger partial charge in [0.05, 0.1) is 6.04 Å². The van der Waals surface area contributed by atoms with E-state index in [2.05, 4.69) is 39.4 Å². The first-order valence-corrected chi connectivity index (χ1v) is 7.19. The summed E-state index contributed by atoms with van der Waals surface area (Å²) in [5.74, 6) is 0.505. The molecule has 0 aromatic heterocycles. The van der Waals surface area contributed by atoms with Gasteiger partial charge in [-0.2, -0.15) is 0 Å². The number of hydrogen-bond donors (Lipinski definition) is 1. The first-order chi connectivity index (χ1) is 8.25. The summed E-state index contributed by atoms with van der Waals surface area (Å²) in [5.41, 5.74) is 2.63. The minimum absolute atomic E-state index is 0.152. The smallest absolute Gasteiger partial charge is 0.223 e. The number of nitrogens with one attached hydrogen (secondary N) is 1. The van der Waals surface area contributed by atoms with Crippen LogP contribution in [0.2, 0.25) is 0 Å². The topological polar surface area (TPSA) is 29.1 Å². The van der Waals surface area contributed by atoms with E-state index in [0.717, 1.165) is 19.3 Å². The van der Waals surface area contributed by atoms with Crippen LogP contribution in [-0.2, 0) is 11.2 Å². The molecular weight excluding hydrogens is 278 g/mol. The Morgan fingerprint density at radius 1 is 1.29 bits per heavy atom. The highest BCUT2D eigenvalue weighted by molar-refractivity contribution is 9.09. The SMILES string of the molecule is O=C(NC1c2ccccc2CC1Br)C1CCC1. The number of carbonyl (C=O) groups excluding carboxylic acids is 1. The number of alkyl halides is 1. The van der Waals surface area contributed by atoms with E-state index in [0.29, 0.717) is 4.83 Å². The average Bonchev–Trinajstić information content (AvgIpc) is 2.53. The average molecular weight is 294 g/mol. The number of amides is 1. The lowest BCUT2D eigenvalue weighted by atomic mass is 9.84. The van der Waals surface area contributed by atoms with E-state index < -0.39 is 0 Å². The van der Waals surface area contributed by atoms with Crippen LogP contribution in [0.3, 0.4) is 0 Å². The molecule has 3 heteroatoms. The minimum atomic E-state index is 0.152. The molecule has 2 aliphatic rings. The molecular formula is C14H16BrNO. The molecule has 0 spiro atoms. The second-order valence-electron chi connectivity index (χ2n) is 5.03. The van der Waals surface area contributed by atoms with Gasteiger partial charge in [-0.25, -0.2) is 0 Å². The van der Waals surface area contributed by atoms with E-state index in [-0.39, 0.29) is 17.9 Å². The van der Waals surface area contributed by atoms with Gasteiger partial charge in [0.1, 0.15) is 0 Å². The van der Waals surface area contributed by atoms with Gasteiger partial charge in [0.2, 0.25) is 5.91 Å². The third-order valence-electron chi connectivity index (χ3n) is 3.94. The Morgan fingerprint density at radius 2 is 2.06 bits per heavy atom. The Morgan fingerprint density at radius 3 is 2.76 bits per heavy atom.